The fourth-order valence-electron chi connectivity index (χ4n) is 5.21. The van der Waals surface area contributed by atoms with Crippen molar-refractivity contribution in [3.05, 3.63) is 41.5 Å². The third kappa shape index (κ3) is 7.63. The van der Waals surface area contributed by atoms with E-state index in [1.165, 1.54) is 17.1 Å². The van der Waals surface area contributed by atoms with Gasteiger partial charge in [0, 0.05) is 37.8 Å². The van der Waals surface area contributed by atoms with E-state index >= 15 is 4.39 Å². The number of aromatic nitrogens is 5. The van der Waals surface area contributed by atoms with Gasteiger partial charge in [-0.3, -0.25) is 9.59 Å². The number of benzene rings is 1. The van der Waals surface area contributed by atoms with Crippen molar-refractivity contribution in [3.63, 3.8) is 0 Å². The Morgan fingerprint density at radius 3 is 2.47 bits per heavy atom. The van der Waals surface area contributed by atoms with E-state index in [-0.39, 0.29) is 41.6 Å². The predicted octanol–water partition coefficient (Wildman–Crippen LogP) is 5.68. The van der Waals surface area contributed by atoms with Crippen molar-refractivity contribution in [1.82, 2.24) is 35.4 Å². The van der Waals surface area contributed by atoms with E-state index in [0.29, 0.717) is 6.92 Å². The summed E-state index contributed by atoms with van der Waals surface area (Å²) >= 11 is 0. The van der Waals surface area contributed by atoms with Gasteiger partial charge in [0.1, 0.15) is 17.7 Å². The van der Waals surface area contributed by atoms with Gasteiger partial charge in [0.25, 0.3) is 11.8 Å². The van der Waals surface area contributed by atoms with Crippen LogP contribution in [0.2, 0.25) is 0 Å². The number of carbonyl (C=O) groups excluding carboxylic acids is 2. The minimum Gasteiger partial charge on any atom is -0.350 e. The molecule has 1 aromatic carbocycles. The third-order valence-electron chi connectivity index (χ3n) is 7.40. The lowest BCUT2D eigenvalue weighted by Crippen LogP contribution is -2.38. The molecule has 0 unspecified atom stereocenters. The maximum absolute atomic E-state index is 15.8. The van der Waals surface area contributed by atoms with Crippen molar-refractivity contribution in [2.24, 2.45) is 5.92 Å². The summed E-state index contributed by atoms with van der Waals surface area (Å²) in [5, 5.41) is 8.67. The Morgan fingerprint density at radius 1 is 1.19 bits per heavy atom. The Bertz CT molecular complexity index is 1440. The van der Waals surface area contributed by atoms with E-state index in [1.807, 2.05) is 5.32 Å². The highest BCUT2D eigenvalue weighted by molar-refractivity contribution is 5.91. The molecule has 2 aromatic heterocycles. The van der Waals surface area contributed by atoms with Gasteiger partial charge in [-0.2, -0.15) is 5.10 Å². The smallest absolute Gasteiger partial charge is 0.289 e. The number of fused-ring (bicyclic) bond motifs is 1. The summed E-state index contributed by atoms with van der Waals surface area (Å²) in [7, 11) is 0. The number of amides is 2. The standard InChI is InChI=1S/C27H32F7N7O2/c1-13(2)41-23(36-12-37-41)25(43)40-20(14-6-8-27(33,34)9-7-14)22-38-17-5-4-15(19(30)21(17)39-22)16(10-18(28)29)24(42)35-11-26(3,31)32/h4-5,12-14,16,18,20H,6-11H2,1-3H3,(H,35,42)(H,38,39)(H,40,43)/t16-,20+/m1/s1. The molecule has 4 rings (SSSR count). The molecule has 2 amide bonds. The van der Waals surface area contributed by atoms with Crippen molar-refractivity contribution in [3.8, 4) is 0 Å². The first-order chi connectivity index (χ1) is 20.1. The first kappa shape index (κ1) is 32.2. The van der Waals surface area contributed by atoms with Crippen molar-refractivity contribution in [2.45, 2.75) is 89.1 Å². The van der Waals surface area contributed by atoms with E-state index in [0.717, 1.165) is 6.07 Å². The van der Waals surface area contributed by atoms with Gasteiger partial charge in [0.15, 0.2) is 5.82 Å². The van der Waals surface area contributed by atoms with Gasteiger partial charge in [-0.05, 0) is 38.7 Å². The molecule has 236 valence electrons. The normalized spacial score (nSPS) is 17.4. The van der Waals surface area contributed by atoms with Gasteiger partial charge in [0.2, 0.25) is 24.1 Å². The Kier molecular flexibility index (Phi) is 9.35. The van der Waals surface area contributed by atoms with Gasteiger partial charge in [-0.25, -0.2) is 45.4 Å². The molecular formula is C27H32F7N7O2. The van der Waals surface area contributed by atoms with Crippen molar-refractivity contribution < 1.29 is 40.3 Å². The molecule has 3 aromatic rings. The van der Waals surface area contributed by atoms with Gasteiger partial charge in [-0.15, -0.1) is 0 Å². The largest absolute Gasteiger partial charge is 0.350 e. The second kappa shape index (κ2) is 12.5. The summed E-state index contributed by atoms with van der Waals surface area (Å²) in [4.78, 5) is 37.0. The summed E-state index contributed by atoms with van der Waals surface area (Å²) in [6.45, 7) is 2.96. The number of imidazole rings is 1. The number of alkyl halides is 6. The van der Waals surface area contributed by atoms with Gasteiger partial charge in [-0.1, -0.05) is 6.07 Å². The van der Waals surface area contributed by atoms with E-state index in [1.54, 1.807) is 13.8 Å². The molecule has 0 radical (unpaired) electrons. The summed E-state index contributed by atoms with van der Waals surface area (Å²) in [6.07, 6.45) is -3.85. The number of hydrogen-bond donors (Lipinski definition) is 3. The summed E-state index contributed by atoms with van der Waals surface area (Å²) in [5.74, 6) is -11.6. The Hall–Kier alpha value is -3.72. The van der Waals surface area contributed by atoms with Crippen LogP contribution in [0.3, 0.4) is 0 Å². The van der Waals surface area contributed by atoms with E-state index < -0.39 is 85.2 Å². The second-order valence-electron chi connectivity index (χ2n) is 11.2. The van der Waals surface area contributed by atoms with Crippen LogP contribution in [0, 0.1) is 11.7 Å². The Labute approximate surface area is 242 Å². The highest BCUT2D eigenvalue weighted by Gasteiger charge is 2.40. The fraction of sp³-hybridized carbons (Fsp3) is 0.593. The fourth-order valence-corrected chi connectivity index (χ4v) is 5.21. The van der Waals surface area contributed by atoms with Crippen LogP contribution in [-0.2, 0) is 4.79 Å². The zero-order valence-electron chi connectivity index (χ0n) is 23.6. The summed E-state index contributed by atoms with van der Waals surface area (Å²) < 4.78 is 98.4. The molecule has 0 saturated heterocycles. The van der Waals surface area contributed by atoms with Gasteiger partial charge < -0.3 is 15.6 Å². The minimum absolute atomic E-state index is 0.0122. The lowest BCUT2D eigenvalue weighted by molar-refractivity contribution is -0.125. The van der Waals surface area contributed by atoms with Crippen LogP contribution in [0.15, 0.2) is 18.5 Å². The number of rotatable bonds is 11. The van der Waals surface area contributed by atoms with Crippen LogP contribution in [0.25, 0.3) is 11.0 Å². The molecule has 9 nitrogen and oxygen atoms in total. The predicted molar refractivity (Wildman–Crippen MR) is 141 cm³/mol. The maximum atomic E-state index is 15.8. The van der Waals surface area contributed by atoms with Crippen molar-refractivity contribution in [1.29, 1.82) is 0 Å². The van der Waals surface area contributed by atoms with Crippen molar-refractivity contribution >= 4 is 22.8 Å². The second-order valence-corrected chi connectivity index (χ2v) is 11.2. The van der Waals surface area contributed by atoms with Crippen LogP contribution in [-0.4, -0.2) is 61.4 Å². The Morgan fingerprint density at radius 2 is 1.86 bits per heavy atom. The Balaban J connectivity index is 1.70. The summed E-state index contributed by atoms with van der Waals surface area (Å²) in [5.41, 5.74) is -0.755. The van der Waals surface area contributed by atoms with E-state index in [9.17, 15) is 35.9 Å². The van der Waals surface area contributed by atoms with Crippen LogP contribution >= 0.6 is 0 Å². The molecule has 1 fully saturated rings. The number of hydrogen-bond acceptors (Lipinski definition) is 5. The molecule has 1 aliphatic carbocycles. The molecule has 43 heavy (non-hydrogen) atoms. The number of carbonyl (C=O) groups is 2. The lowest BCUT2D eigenvalue weighted by Gasteiger charge is -2.33. The highest BCUT2D eigenvalue weighted by Crippen LogP contribution is 2.41. The zero-order valence-corrected chi connectivity index (χ0v) is 23.6. The molecule has 2 heterocycles. The number of halogens is 7. The van der Waals surface area contributed by atoms with Crippen LogP contribution in [0.5, 0.6) is 0 Å². The highest BCUT2D eigenvalue weighted by atomic mass is 19.3. The number of nitrogens with one attached hydrogen (secondary N) is 3. The SMILES string of the molecule is CC(C)n1ncnc1C(=O)N[C@H](c1nc2c(F)c([C@@H](CC(F)F)C(=O)NCC(C)(F)F)ccc2[nH]1)C1CCC(F)(F)CC1. The number of aromatic amines is 1. The molecule has 16 heteroatoms. The lowest BCUT2D eigenvalue weighted by atomic mass is 9.81. The quantitative estimate of drug-likeness (QED) is 0.239. The molecule has 3 N–H and O–H groups in total. The molecule has 0 bridgehead atoms. The first-order valence-corrected chi connectivity index (χ1v) is 13.8. The molecule has 0 spiro atoms. The average molecular weight is 620 g/mol. The monoisotopic (exact) mass is 619 g/mol. The van der Waals surface area contributed by atoms with Crippen molar-refractivity contribution in [2.75, 3.05) is 6.54 Å². The van der Waals surface area contributed by atoms with E-state index in [2.05, 4.69) is 25.4 Å². The van der Waals surface area contributed by atoms with Gasteiger partial charge >= 0.3 is 0 Å². The van der Waals surface area contributed by atoms with Crippen LogP contribution in [0.1, 0.15) is 92.9 Å². The third-order valence-corrected chi connectivity index (χ3v) is 7.40. The molecule has 1 saturated carbocycles. The first-order valence-electron chi connectivity index (χ1n) is 13.8. The van der Waals surface area contributed by atoms with Crippen LogP contribution in [0.4, 0.5) is 30.7 Å². The minimum atomic E-state index is -3.32. The maximum Gasteiger partial charge on any atom is 0.289 e. The topological polar surface area (TPSA) is 118 Å². The van der Waals surface area contributed by atoms with Crippen LogP contribution < -0.4 is 10.6 Å². The molecule has 2 atom stereocenters. The van der Waals surface area contributed by atoms with Gasteiger partial charge in [0.05, 0.1) is 24.0 Å². The molecule has 0 aliphatic heterocycles. The zero-order chi connectivity index (χ0) is 31.7. The average Bonchev–Trinajstić information content (AvgIpc) is 3.57. The van der Waals surface area contributed by atoms with E-state index in [4.69, 9.17) is 0 Å². The summed E-state index contributed by atoms with van der Waals surface area (Å²) in [6, 6.07) is 1.14. The number of H-pyrrole nitrogens is 1. The number of nitrogens with zero attached hydrogens (tertiary/aromatic N) is 4. The molecule has 1 aliphatic rings. The molecular weight excluding hydrogens is 587 g/mol.